The first-order chi connectivity index (χ1) is 10.5. The molecule has 0 heterocycles. The van der Waals surface area contributed by atoms with Crippen LogP contribution in [0.3, 0.4) is 0 Å². The molecule has 4 rings (SSSR count). The Morgan fingerprint density at radius 1 is 0.577 bits per heavy atom. The van der Waals surface area contributed by atoms with Crippen molar-refractivity contribution in [3.05, 3.63) is 82.9 Å². The molecular formula is C22H22Cl2Zr2. The summed E-state index contributed by atoms with van der Waals surface area (Å²) in [6, 6.07) is 21.8. The number of benzene rings is 2. The SMILES string of the molecule is Cc1cc2c(C)cccc2[cH-]1.Cc1cc2c(C)cccc2[cH-]1.[Cl-].[Cl-].[Zr+2].[Zr+2]. The first kappa shape index (κ1) is 28.2. The van der Waals surface area contributed by atoms with E-state index in [1.807, 2.05) is 0 Å². The fourth-order valence-electron chi connectivity index (χ4n) is 3.08. The first-order valence-electron chi connectivity index (χ1n) is 7.80. The van der Waals surface area contributed by atoms with Gasteiger partial charge in [0.15, 0.2) is 0 Å². The van der Waals surface area contributed by atoms with Gasteiger partial charge in [-0.2, -0.15) is 12.1 Å². The van der Waals surface area contributed by atoms with Crippen molar-refractivity contribution in [1.82, 2.24) is 0 Å². The van der Waals surface area contributed by atoms with Crippen LogP contribution < -0.4 is 24.8 Å². The van der Waals surface area contributed by atoms with E-state index in [0.29, 0.717) is 0 Å². The van der Waals surface area contributed by atoms with Crippen LogP contribution in [0.5, 0.6) is 0 Å². The third-order valence-corrected chi connectivity index (χ3v) is 4.23. The molecule has 0 amide bonds. The van der Waals surface area contributed by atoms with Gasteiger partial charge in [0.1, 0.15) is 0 Å². The summed E-state index contributed by atoms with van der Waals surface area (Å²) in [5, 5.41) is 5.51. The van der Waals surface area contributed by atoms with Crippen molar-refractivity contribution in [3.8, 4) is 0 Å². The van der Waals surface area contributed by atoms with E-state index in [1.165, 1.54) is 43.8 Å². The van der Waals surface area contributed by atoms with Crippen molar-refractivity contribution >= 4 is 21.5 Å². The number of hydrogen-bond acceptors (Lipinski definition) is 0. The average molecular weight is 540 g/mol. The smallest absolute Gasteiger partial charge is 1.00 e. The second-order valence-corrected chi connectivity index (χ2v) is 6.22. The standard InChI is InChI=1S/2C11H11.2ClH.2Zr/c2*1-8-6-10-5-3-4-9(2)11(10)7-8;;;;/h2*3-7H,1-2H3;2*1H;;/q2*-1;;;2*+2/p-2. The van der Waals surface area contributed by atoms with Crippen molar-refractivity contribution in [1.29, 1.82) is 0 Å². The third kappa shape index (κ3) is 6.56. The van der Waals surface area contributed by atoms with Gasteiger partial charge >= 0.3 is 52.4 Å². The van der Waals surface area contributed by atoms with Crippen LogP contribution in [-0.2, 0) is 52.4 Å². The van der Waals surface area contributed by atoms with Crippen molar-refractivity contribution < 1.29 is 77.2 Å². The molecule has 0 spiro atoms. The zero-order valence-electron chi connectivity index (χ0n) is 15.5. The fraction of sp³-hybridized carbons (Fsp3) is 0.182. The molecule has 0 saturated carbocycles. The van der Waals surface area contributed by atoms with E-state index in [0.717, 1.165) is 0 Å². The van der Waals surface area contributed by atoms with E-state index < -0.39 is 0 Å². The van der Waals surface area contributed by atoms with Gasteiger partial charge in [-0.25, -0.2) is 0 Å². The molecule has 26 heavy (non-hydrogen) atoms. The minimum Gasteiger partial charge on any atom is -1.00 e. The Hall–Kier alpha value is 0.00623. The second-order valence-electron chi connectivity index (χ2n) is 6.22. The van der Waals surface area contributed by atoms with Crippen LogP contribution >= 0.6 is 0 Å². The molecule has 0 unspecified atom stereocenters. The predicted molar refractivity (Wildman–Crippen MR) is 98.0 cm³/mol. The van der Waals surface area contributed by atoms with Crippen molar-refractivity contribution in [3.63, 3.8) is 0 Å². The maximum Gasteiger partial charge on any atom is 2.00 e. The molecule has 4 aromatic carbocycles. The van der Waals surface area contributed by atoms with E-state index in [-0.39, 0.29) is 77.2 Å². The molecule has 0 aliphatic heterocycles. The number of aryl methyl sites for hydroxylation is 4. The molecule has 0 bridgehead atoms. The molecule has 0 aromatic heterocycles. The maximum absolute atomic E-state index is 2.24. The van der Waals surface area contributed by atoms with Crippen molar-refractivity contribution in [2.75, 3.05) is 0 Å². The topological polar surface area (TPSA) is 0 Å². The molecule has 0 fully saturated rings. The molecule has 0 radical (unpaired) electrons. The van der Waals surface area contributed by atoms with Crippen LogP contribution in [-0.4, -0.2) is 0 Å². The summed E-state index contributed by atoms with van der Waals surface area (Å²) in [4.78, 5) is 0. The van der Waals surface area contributed by atoms with Gasteiger partial charge in [-0.1, -0.05) is 37.1 Å². The molecular weight excluding hydrogens is 518 g/mol. The van der Waals surface area contributed by atoms with E-state index in [4.69, 9.17) is 0 Å². The van der Waals surface area contributed by atoms with Crippen LogP contribution in [0.2, 0.25) is 0 Å². The second kappa shape index (κ2) is 12.5. The number of hydrogen-bond donors (Lipinski definition) is 0. The van der Waals surface area contributed by atoms with Crippen LogP contribution in [0.15, 0.2) is 60.7 Å². The van der Waals surface area contributed by atoms with E-state index in [9.17, 15) is 0 Å². The Balaban J connectivity index is 0. The van der Waals surface area contributed by atoms with E-state index in [2.05, 4.69) is 88.4 Å². The molecule has 0 N–H and O–H groups in total. The minimum atomic E-state index is 0. The molecule has 0 saturated heterocycles. The first-order valence-corrected chi connectivity index (χ1v) is 7.80. The summed E-state index contributed by atoms with van der Waals surface area (Å²) in [5.41, 5.74) is 5.45. The Labute approximate surface area is 207 Å². The average Bonchev–Trinajstić information content (AvgIpc) is 3.03. The quantitative estimate of drug-likeness (QED) is 0.283. The number of fused-ring (bicyclic) bond motifs is 2. The molecule has 0 aliphatic rings. The maximum atomic E-state index is 2.24. The molecule has 132 valence electrons. The van der Waals surface area contributed by atoms with E-state index >= 15 is 0 Å². The third-order valence-electron chi connectivity index (χ3n) is 4.23. The van der Waals surface area contributed by atoms with Gasteiger partial charge in [0.05, 0.1) is 0 Å². The monoisotopic (exact) mass is 536 g/mol. The Bertz CT molecular complexity index is 858. The van der Waals surface area contributed by atoms with Gasteiger partial charge < -0.3 is 24.8 Å². The van der Waals surface area contributed by atoms with Gasteiger partial charge in [0, 0.05) is 0 Å². The molecule has 4 heteroatoms. The number of halogens is 2. The Kier molecular flexibility index (Phi) is 13.5. The summed E-state index contributed by atoms with van der Waals surface area (Å²) < 4.78 is 0. The normalized spacial score (nSPS) is 9.08. The largest absolute Gasteiger partial charge is 2.00 e. The van der Waals surface area contributed by atoms with Crippen molar-refractivity contribution in [2.45, 2.75) is 27.7 Å². The molecule has 0 aliphatic carbocycles. The van der Waals surface area contributed by atoms with Gasteiger partial charge in [-0.05, 0) is 13.8 Å². The number of rotatable bonds is 0. The Morgan fingerprint density at radius 2 is 0.923 bits per heavy atom. The van der Waals surface area contributed by atoms with Gasteiger partial charge in [0.25, 0.3) is 0 Å². The summed E-state index contributed by atoms with van der Waals surface area (Å²) in [6.45, 7) is 8.59. The summed E-state index contributed by atoms with van der Waals surface area (Å²) in [5.74, 6) is 0. The summed E-state index contributed by atoms with van der Waals surface area (Å²) in [7, 11) is 0. The molecule has 0 atom stereocenters. The summed E-state index contributed by atoms with van der Waals surface area (Å²) >= 11 is 0. The van der Waals surface area contributed by atoms with Crippen LogP contribution in [0.25, 0.3) is 21.5 Å². The molecule has 0 nitrogen and oxygen atoms in total. The zero-order valence-corrected chi connectivity index (χ0v) is 22.0. The van der Waals surface area contributed by atoms with Gasteiger partial charge in [0.2, 0.25) is 0 Å². The van der Waals surface area contributed by atoms with Crippen LogP contribution in [0.1, 0.15) is 22.3 Å². The van der Waals surface area contributed by atoms with Crippen molar-refractivity contribution in [2.24, 2.45) is 0 Å². The predicted octanol–water partition coefficient (Wildman–Crippen LogP) is 0.354. The Morgan fingerprint density at radius 3 is 1.23 bits per heavy atom. The molecule has 4 aromatic rings. The minimum absolute atomic E-state index is 0. The van der Waals surface area contributed by atoms with E-state index in [1.54, 1.807) is 0 Å². The van der Waals surface area contributed by atoms with Crippen LogP contribution in [0.4, 0.5) is 0 Å². The van der Waals surface area contributed by atoms with Gasteiger partial charge in [-0.15, -0.1) is 69.1 Å². The van der Waals surface area contributed by atoms with Gasteiger partial charge in [-0.3, -0.25) is 0 Å². The zero-order chi connectivity index (χ0) is 15.7. The summed E-state index contributed by atoms with van der Waals surface area (Å²) in [6.07, 6.45) is 0. The van der Waals surface area contributed by atoms with Crippen LogP contribution in [0, 0.1) is 27.7 Å². The fourth-order valence-corrected chi connectivity index (χ4v) is 3.08.